The van der Waals surface area contributed by atoms with Gasteiger partial charge in [-0.05, 0) is 30.0 Å². The number of nitrogens with one attached hydrogen (secondary N) is 1. The molecule has 1 saturated carbocycles. The Bertz CT molecular complexity index is 377. The molecule has 1 amide bonds. The molecule has 86 valence electrons. The number of rotatable bonds is 4. The van der Waals surface area contributed by atoms with E-state index in [9.17, 15) is 4.79 Å². The van der Waals surface area contributed by atoms with Crippen LogP contribution in [0.2, 0.25) is 0 Å². The Labute approximate surface area is 103 Å². The topological polar surface area (TPSA) is 49.3 Å². The lowest BCUT2D eigenvalue weighted by atomic mass is 10.1. The van der Waals surface area contributed by atoms with E-state index in [2.05, 4.69) is 21.2 Å². The van der Waals surface area contributed by atoms with Crippen LogP contribution in [0.5, 0.6) is 0 Å². The lowest BCUT2D eigenvalue weighted by Gasteiger charge is -2.02. The highest BCUT2D eigenvalue weighted by atomic mass is 79.9. The lowest BCUT2D eigenvalue weighted by molar-refractivity contribution is -0.122. The highest BCUT2D eigenvalue weighted by molar-refractivity contribution is 9.10. The SMILES string of the molecule is O=C(NCCO)C1CC1c1ccc(Br)cc1. The summed E-state index contributed by atoms with van der Waals surface area (Å²) in [5.74, 6) is 0.501. The Kier molecular flexibility index (Phi) is 3.61. The van der Waals surface area contributed by atoms with Gasteiger partial charge < -0.3 is 10.4 Å². The number of amides is 1. The summed E-state index contributed by atoms with van der Waals surface area (Å²) in [5.41, 5.74) is 1.22. The van der Waals surface area contributed by atoms with Crippen LogP contribution in [0.4, 0.5) is 0 Å². The van der Waals surface area contributed by atoms with E-state index in [1.807, 2.05) is 24.3 Å². The molecule has 0 radical (unpaired) electrons. The molecule has 1 aliphatic carbocycles. The summed E-state index contributed by atoms with van der Waals surface area (Å²) < 4.78 is 1.05. The average Bonchev–Trinajstić information content (AvgIpc) is 3.07. The fourth-order valence-corrected chi connectivity index (χ4v) is 2.14. The molecule has 2 unspecified atom stereocenters. The summed E-state index contributed by atoms with van der Waals surface area (Å²) in [5, 5.41) is 11.3. The summed E-state index contributed by atoms with van der Waals surface area (Å²) in [6.45, 7) is 0.351. The van der Waals surface area contributed by atoms with Crippen molar-refractivity contribution in [2.45, 2.75) is 12.3 Å². The molecule has 0 heterocycles. The molecule has 1 aromatic carbocycles. The molecule has 0 aromatic heterocycles. The number of benzene rings is 1. The fourth-order valence-electron chi connectivity index (χ4n) is 1.87. The molecule has 1 aliphatic rings. The van der Waals surface area contributed by atoms with E-state index in [1.54, 1.807) is 0 Å². The number of aliphatic hydroxyl groups is 1. The zero-order chi connectivity index (χ0) is 11.5. The van der Waals surface area contributed by atoms with Crippen LogP contribution in [-0.2, 0) is 4.79 Å². The van der Waals surface area contributed by atoms with Gasteiger partial charge in [0.25, 0.3) is 0 Å². The van der Waals surface area contributed by atoms with Crippen molar-refractivity contribution in [2.24, 2.45) is 5.92 Å². The van der Waals surface area contributed by atoms with Gasteiger partial charge in [-0.2, -0.15) is 0 Å². The number of aliphatic hydroxyl groups excluding tert-OH is 1. The molecule has 0 spiro atoms. The smallest absolute Gasteiger partial charge is 0.223 e. The quantitative estimate of drug-likeness (QED) is 0.883. The third kappa shape index (κ3) is 2.62. The van der Waals surface area contributed by atoms with Gasteiger partial charge >= 0.3 is 0 Å². The van der Waals surface area contributed by atoms with E-state index >= 15 is 0 Å². The summed E-state index contributed by atoms with van der Waals surface area (Å²) in [4.78, 5) is 11.6. The standard InChI is InChI=1S/C12H14BrNO2/c13-9-3-1-8(2-4-9)10-7-11(10)12(16)14-5-6-15/h1-4,10-11,15H,5-7H2,(H,14,16). The number of hydrogen-bond donors (Lipinski definition) is 2. The maximum Gasteiger partial charge on any atom is 0.223 e. The van der Waals surface area contributed by atoms with Crippen molar-refractivity contribution in [1.29, 1.82) is 0 Å². The minimum atomic E-state index is 0.00140. The molecule has 3 nitrogen and oxygen atoms in total. The van der Waals surface area contributed by atoms with Gasteiger partial charge in [-0.3, -0.25) is 4.79 Å². The molecule has 1 fully saturated rings. The van der Waals surface area contributed by atoms with Gasteiger partial charge in [-0.25, -0.2) is 0 Å². The van der Waals surface area contributed by atoms with Crippen LogP contribution in [-0.4, -0.2) is 24.2 Å². The predicted octanol–water partition coefficient (Wildman–Crippen LogP) is 1.66. The molecular weight excluding hydrogens is 270 g/mol. The first-order valence-electron chi connectivity index (χ1n) is 5.36. The highest BCUT2D eigenvalue weighted by Gasteiger charge is 2.43. The largest absolute Gasteiger partial charge is 0.395 e. The summed E-state index contributed by atoms with van der Waals surface area (Å²) in [6, 6.07) is 8.09. The Hall–Kier alpha value is -0.870. The van der Waals surface area contributed by atoms with Gasteiger partial charge in [0, 0.05) is 16.9 Å². The first-order chi connectivity index (χ1) is 7.72. The van der Waals surface area contributed by atoms with Crippen molar-refractivity contribution < 1.29 is 9.90 Å². The first-order valence-corrected chi connectivity index (χ1v) is 6.15. The zero-order valence-electron chi connectivity index (χ0n) is 8.82. The molecule has 0 aliphatic heterocycles. The van der Waals surface area contributed by atoms with Crippen LogP contribution < -0.4 is 5.32 Å². The van der Waals surface area contributed by atoms with Crippen molar-refractivity contribution in [3.8, 4) is 0 Å². The Morgan fingerprint density at radius 2 is 2.12 bits per heavy atom. The van der Waals surface area contributed by atoms with Crippen LogP contribution in [0.1, 0.15) is 17.9 Å². The lowest BCUT2D eigenvalue weighted by Crippen LogP contribution is -2.28. The van der Waals surface area contributed by atoms with E-state index in [0.29, 0.717) is 12.5 Å². The monoisotopic (exact) mass is 283 g/mol. The molecule has 0 saturated heterocycles. The van der Waals surface area contributed by atoms with E-state index in [4.69, 9.17) is 5.11 Å². The van der Waals surface area contributed by atoms with Gasteiger partial charge in [0.15, 0.2) is 0 Å². The van der Waals surface area contributed by atoms with Crippen LogP contribution in [0, 0.1) is 5.92 Å². The first kappa shape index (κ1) is 11.6. The Morgan fingerprint density at radius 3 is 2.75 bits per heavy atom. The number of carbonyl (C=O) groups excluding carboxylic acids is 1. The Balaban J connectivity index is 1.91. The molecule has 16 heavy (non-hydrogen) atoms. The van der Waals surface area contributed by atoms with Crippen LogP contribution in [0.25, 0.3) is 0 Å². The van der Waals surface area contributed by atoms with Gasteiger partial charge in [0.05, 0.1) is 6.61 Å². The summed E-state index contributed by atoms with van der Waals surface area (Å²) in [6.07, 6.45) is 0.916. The van der Waals surface area contributed by atoms with Crippen LogP contribution >= 0.6 is 15.9 Å². The van der Waals surface area contributed by atoms with Gasteiger partial charge in [-0.1, -0.05) is 28.1 Å². The van der Waals surface area contributed by atoms with Crippen molar-refractivity contribution in [1.82, 2.24) is 5.32 Å². The van der Waals surface area contributed by atoms with E-state index in [1.165, 1.54) is 5.56 Å². The minimum Gasteiger partial charge on any atom is -0.395 e. The van der Waals surface area contributed by atoms with Crippen molar-refractivity contribution in [3.63, 3.8) is 0 Å². The van der Waals surface area contributed by atoms with E-state index in [-0.39, 0.29) is 18.4 Å². The second kappa shape index (κ2) is 4.97. The van der Waals surface area contributed by atoms with Crippen molar-refractivity contribution in [2.75, 3.05) is 13.2 Å². The fraction of sp³-hybridized carbons (Fsp3) is 0.417. The number of carbonyl (C=O) groups is 1. The molecule has 4 heteroatoms. The number of halogens is 1. The second-order valence-corrected chi connectivity index (χ2v) is 4.93. The highest BCUT2D eigenvalue weighted by Crippen LogP contribution is 2.47. The predicted molar refractivity (Wildman–Crippen MR) is 65.1 cm³/mol. The minimum absolute atomic E-state index is 0.00140. The summed E-state index contributed by atoms with van der Waals surface area (Å²) >= 11 is 3.39. The van der Waals surface area contributed by atoms with Gasteiger partial charge in [-0.15, -0.1) is 0 Å². The average molecular weight is 284 g/mol. The maximum absolute atomic E-state index is 11.6. The Morgan fingerprint density at radius 1 is 1.44 bits per heavy atom. The van der Waals surface area contributed by atoms with Gasteiger partial charge in [0.2, 0.25) is 5.91 Å². The van der Waals surface area contributed by atoms with Crippen LogP contribution in [0.15, 0.2) is 28.7 Å². The van der Waals surface area contributed by atoms with Crippen LogP contribution in [0.3, 0.4) is 0 Å². The molecule has 2 rings (SSSR count). The normalized spacial score (nSPS) is 22.9. The molecule has 2 N–H and O–H groups in total. The van der Waals surface area contributed by atoms with Gasteiger partial charge in [0.1, 0.15) is 0 Å². The second-order valence-electron chi connectivity index (χ2n) is 4.01. The van der Waals surface area contributed by atoms with E-state index < -0.39 is 0 Å². The van der Waals surface area contributed by atoms with E-state index in [0.717, 1.165) is 10.9 Å². The van der Waals surface area contributed by atoms with Crippen molar-refractivity contribution >= 4 is 21.8 Å². The van der Waals surface area contributed by atoms with Crippen molar-refractivity contribution in [3.05, 3.63) is 34.3 Å². The molecule has 2 atom stereocenters. The number of hydrogen-bond acceptors (Lipinski definition) is 2. The summed E-state index contributed by atoms with van der Waals surface area (Å²) in [7, 11) is 0. The zero-order valence-corrected chi connectivity index (χ0v) is 10.4. The maximum atomic E-state index is 11.6. The third-order valence-electron chi connectivity index (χ3n) is 2.84. The third-order valence-corrected chi connectivity index (χ3v) is 3.37. The molecular formula is C12H14BrNO2. The molecule has 0 bridgehead atoms. The molecule has 1 aromatic rings.